The lowest BCUT2D eigenvalue weighted by atomic mass is 10.4. The SMILES string of the molecule is C=C(CSc1nnnn1C1CC1)C(=O)O. The standard InChI is InChI=1S/C8H10N4O2S/c1-5(7(13)14)4-15-8-9-10-11-12(8)6-2-3-6/h6H,1-4H2,(H,13,14). The molecule has 80 valence electrons. The second-order valence-electron chi connectivity index (χ2n) is 3.33. The van der Waals surface area contributed by atoms with Gasteiger partial charge in [0.25, 0.3) is 0 Å². The number of hydrogen-bond donors (Lipinski definition) is 1. The Hall–Kier alpha value is -1.37. The van der Waals surface area contributed by atoms with E-state index in [1.54, 1.807) is 4.68 Å². The van der Waals surface area contributed by atoms with E-state index in [9.17, 15) is 4.79 Å². The van der Waals surface area contributed by atoms with Gasteiger partial charge in [0, 0.05) is 11.3 Å². The van der Waals surface area contributed by atoms with Gasteiger partial charge in [0.05, 0.1) is 6.04 Å². The number of hydrogen-bond acceptors (Lipinski definition) is 5. The van der Waals surface area contributed by atoms with E-state index in [4.69, 9.17) is 5.11 Å². The van der Waals surface area contributed by atoms with Crippen molar-refractivity contribution in [3.05, 3.63) is 12.2 Å². The topological polar surface area (TPSA) is 80.9 Å². The predicted octanol–water partition coefficient (Wildman–Crippen LogP) is 0.741. The summed E-state index contributed by atoms with van der Waals surface area (Å²) in [6.45, 7) is 3.45. The summed E-state index contributed by atoms with van der Waals surface area (Å²) in [5.74, 6) is -0.671. The van der Waals surface area contributed by atoms with Crippen LogP contribution in [0.4, 0.5) is 0 Å². The third kappa shape index (κ3) is 2.35. The minimum absolute atomic E-state index is 0.158. The summed E-state index contributed by atoms with van der Waals surface area (Å²) in [4.78, 5) is 10.5. The zero-order valence-electron chi connectivity index (χ0n) is 7.96. The largest absolute Gasteiger partial charge is 0.478 e. The van der Waals surface area contributed by atoms with E-state index >= 15 is 0 Å². The van der Waals surface area contributed by atoms with Crippen LogP contribution in [0.3, 0.4) is 0 Å². The van der Waals surface area contributed by atoms with Gasteiger partial charge in [-0.2, -0.15) is 0 Å². The van der Waals surface area contributed by atoms with Crippen molar-refractivity contribution in [1.82, 2.24) is 20.2 Å². The van der Waals surface area contributed by atoms with E-state index in [0.29, 0.717) is 17.0 Å². The van der Waals surface area contributed by atoms with Gasteiger partial charge in [-0.05, 0) is 23.3 Å². The second kappa shape index (κ2) is 4.01. The van der Waals surface area contributed by atoms with Crippen LogP contribution in [-0.4, -0.2) is 37.0 Å². The molecule has 6 nitrogen and oxygen atoms in total. The zero-order valence-corrected chi connectivity index (χ0v) is 8.77. The smallest absolute Gasteiger partial charge is 0.331 e. The Balaban J connectivity index is 1.95. The molecule has 0 aromatic carbocycles. The van der Waals surface area contributed by atoms with Crippen LogP contribution in [0, 0.1) is 0 Å². The average Bonchev–Trinajstić information content (AvgIpc) is 2.94. The average molecular weight is 226 g/mol. The molecular formula is C8H10N4O2S. The summed E-state index contributed by atoms with van der Waals surface area (Å²) in [6, 6.07) is 0.403. The number of tetrazole rings is 1. The number of rotatable bonds is 5. The van der Waals surface area contributed by atoms with Crippen LogP contribution in [0.25, 0.3) is 0 Å². The van der Waals surface area contributed by atoms with Gasteiger partial charge in [0.15, 0.2) is 0 Å². The van der Waals surface area contributed by atoms with Gasteiger partial charge < -0.3 is 5.11 Å². The molecule has 0 saturated heterocycles. The van der Waals surface area contributed by atoms with Gasteiger partial charge in [0.2, 0.25) is 5.16 Å². The first-order valence-electron chi connectivity index (χ1n) is 4.50. The first-order chi connectivity index (χ1) is 7.18. The van der Waals surface area contributed by atoms with Crippen LogP contribution < -0.4 is 0 Å². The third-order valence-electron chi connectivity index (χ3n) is 2.03. The molecule has 15 heavy (non-hydrogen) atoms. The van der Waals surface area contributed by atoms with Crippen molar-refractivity contribution in [2.75, 3.05) is 5.75 Å². The second-order valence-corrected chi connectivity index (χ2v) is 4.28. The minimum atomic E-state index is -0.979. The molecule has 0 radical (unpaired) electrons. The third-order valence-corrected chi connectivity index (χ3v) is 3.05. The van der Waals surface area contributed by atoms with Gasteiger partial charge in [-0.3, -0.25) is 0 Å². The normalized spacial score (nSPS) is 15.2. The van der Waals surface area contributed by atoms with Crippen molar-refractivity contribution in [2.24, 2.45) is 0 Å². The predicted molar refractivity (Wildman–Crippen MR) is 53.6 cm³/mol. The first-order valence-corrected chi connectivity index (χ1v) is 5.49. The van der Waals surface area contributed by atoms with Crippen LogP contribution in [0.1, 0.15) is 18.9 Å². The fraction of sp³-hybridized carbons (Fsp3) is 0.500. The van der Waals surface area contributed by atoms with Gasteiger partial charge in [0.1, 0.15) is 0 Å². The Morgan fingerprint density at radius 3 is 3.00 bits per heavy atom. The van der Waals surface area contributed by atoms with E-state index < -0.39 is 5.97 Å². The Morgan fingerprint density at radius 1 is 1.67 bits per heavy atom. The van der Waals surface area contributed by atoms with E-state index in [1.165, 1.54) is 11.8 Å². The maximum absolute atomic E-state index is 10.5. The fourth-order valence-corrected chi connectivity index (χ4v) is 1.88. The maximum Gasteiger partial charge on any atom is 0.331 e. The van der Waals surface area contributed by atoms with Crippen LogP contribution in [0.15, 0.2) is 17.3 Å². The molecule has 1 heterocycles. The molecule has 1 N–H and O–H groups in total. The Bertz CT molecular complexity index is 399. The highest BCUT2D eigenvalue weighted by atomic mass is 32.2. The van der Waals surface area contributed by atoms with E-state index in [0.717, 1.165) is 12.8 Å². The summed E-state index contributed by atoms with van der Waals surface area (Å²) < 4.78 is 1.75. The monoisotopic (exact) mass is 226 g/mol. The van der Waals surface area contributed by atoms with Crippen LogP contribution >= 0.6 is 11.8 Å². The molecule has 0 bridgehead atoms. The summed E-state index contributed by atoms with van der Waals surface area (Å²) in [6.07, 6.45) is 2.19. The van der Waals surface area contributed by atoms with E-state index in [2.05, 4.69) is 22.1 Å². The number of carboxylic acid groups (broad SMARTS) is 1. The summed E-state index contributed by atoms with van der Waals surface area (Å²) in [5.41, 5.74) is 0.158. The molecule has 1 aromatic rings. The molecule has 7 heteroatoms. The summed E-state index contributed by atoms with van der Waals surface area (Å²) in [7, 11) is 0. The molecule has 1 aliphatic carbocycles. The van der Waals surface area contributed by atoms with Crippen molar-refractivity contribution in [1.29, 1.82) is 0 Å². The quantitative estimate of drug-likeness (QED) is 0.589. The molecule has 0 amide bonds. The molecular weight excluding hydrogens is 216 g/mol. The highest BCUT2D eigenvalue weighted by molar-refractivity contribution is 7.99. The molecule has 1 saturated carbocycles. The molecule has 0 unspecified atom stereocenters. The number of aromatic nitrogens is 4. The van der Waals surface area contributed by atoms with E-state index in [1.807, 2.05) is 0 Å². The van der Waals surface area contributed by atoms with Crippen molar-refractivity contribution in [3.63, 3.8) is 0 Å². The molecule has 1 aliphatic rings. The van der Waals surface area contributed by atoms with Crippen molar-refractivity contribution < 1.29 is 9.90 Å². The lowest BCUT2D eigenvalue weighted by Crippen LogP contribution is -2.03. The number of carbonyl (C=O) groups is 1. The lowest BCUT2D eigenvalue weighted by Gasteiger charge is -2.01. The van der Waals surface area contributed by atoms with Crippen molar-refractivity contribution in [2.45, 2.75) is 24.0 Å². The lowest BCUT2D eigenvalue weighted by molar-refractivity contribution is -0.132. The Kier molecular flexibility index (Phi) is 2.72. The Labute approximate surface area is 90.4 Å². The molecule has 1 aromatic heterocycles. The van der Waals surface area contributed by atoms with Crippen molar-refractivity contribution >= 4 is 17.7 Å². The maximum atomic E-state index is 10.5. The zero-order chi connectivity index (χ0) is 10.8. The molecule has 0 aliphatic heterocycles. The van der Waals surface area contributed by atoms with Gasteiger partial charge >= 0.3 is 5.97 Å². The van der Waals surface area contributed by atoms with Crippen LogP contribution in [0.2, 0.25) is 0 Å². The number of carboxylic acids is 1. The molecule has 2 rings (SSSR count). The van der Waals surface area contributed by atoms with Gasteiger partial charge in [-0.15, -0.1) is 5.10 Å². The summed E-state index contributed by atoms with van der Waals surface area (Å²) >= 11 is 1.30. The van der Waals surface area contributed by atoms with Gasteiger partial charge in [-0.25, -0.2) is 9.48 Å². The summed E-state index contributed by atoms with van der Waals surface area (Å²) in [5, 5.41) is 20.6. The van der Waals surface area contributed by atoms with Crippen LogP contribution in [0.5, 0.6) is 0 Å². The molecule has 0 atom stereocenters. The number of aliphatic carboxylic acids is 1. The minimum Gasteiger partial charge on any atom is -0.478 e. The fourth-order valence-electron chi connectivity index (χ4n) is 1.04. The van der Waals surface area contributed by atoms with E-state index in [-0.39, 0.29) is 5.57 Å². The van der Waals surface area contributed by atoms with Crippen LogP contribution in [-0.2, 0) is 4.79 Å². The first kappa shape index (κ1) is 10.2. The number of thioether (sulfide) groups is 1. The molecule has 0 spiro atoms. The molecule has 1 fully saturated rings. The number of nitrogens with zero attached hydrogens (tertiary/aromatic N) is 4. The highest BCUT2D eigenvalue weighted by Gasteiger charge is 2.27. The Morgan fingerprint density at radius 2 is 2.40 bits per heavy atom. The highest BCUT2D eigenvalue weighted by Crippen LogP contribution is 2.36. The van der Waals surface area contributed by atoms with Gasteiger partial charge in [-0.1, -0.05) is 18.3 Å². The van der Waals surface area contributed by atoms with Crippen molar-refractivity contribution in [3.8, 4) is 0 Å².